The van der Waals surface area contributed by atoms with Gasteiger partial charge < -0.3 is 11.1 Å². The smallest absolute Gasteiger partial charge is 0.244 e. The van der Waals surface area contributed by atoms with Gasteiger partial charge in [-0.3, -0.25) is 4.79 Å². The Morgan fingerprint density at radius 1 is 1.40 bits per heavy atom. The van der Waals surface area contributed by atoms with E-state index in [2.05, 4.69) is 21.2 Å². The molecule has 1 aromatic rings. The van der Waals surface area contributed by atoms with Crippen LogP contribution >= 0.6 is 15.9 Å². The van der Waals surface area contributed by atoms with E-state index in [-0.39, 0.29) is 23.3 Å². The molecule has 2 heterocycles. The highest BCUT2D eigenvalue weighted by molar-refractivity contribution is 9.10. The number of sulfonamides is 1. The molecule has 0 bridgehead atoms. The lowest BCUT2D eigenvalue weighted by atomic mass is 10.2. The van der Waals surface area contributed by atoms with Crippen molar-refractivity contribution in [1.82, 2.24) is 4.31 Å². The summed E-state index contributed by atoms with van der Waals surface area (Å²) in [5.41, 5.74) is 7.15. The van der Waals surface area contributed by atoms with Crippen LogP contribution in [0.15, 0.2) is 21.5 Å². The minimum absolute atomic E-state index is 0.110. The number of benzene rings is 1. The Balaban J connectivity index is 2.02. The predicted molar refractivity (Wildman–Crippen MR) is 77.8 cm³/mol. The molecule has 20 heavy (non-hydrogen) atoms. The molecule has 1 aromatic carbocycles. The van der Waals surface area contributed by atoms with Gasteiger partial charge in [-0.2, -0.15) is 4.31 Å². The van der Waals surface area contributed by atoms with Gasteiger partial charge in [-0.1, -0.05) is 0 Å². The summed E-state index contributed by atoms with van der Waals surface area (Å²) in [6.45, 7) is 0.771. The lowest BCUT2D eigenvalue weighted by molar-refractivity contribution is -0.115. The molecular formula is C12H14BrN3O3S. The van der Waals surface area contributed by atoms with Crippen LogP contribution in [0.5, 0.6) is 0 Å². The highest BCUT2D eigenvalue weighted by Crippen LogP contribution is 2.34. The number of amides is 1. The van der Waals surface area contributed by atoms with Gasteiger partial charge in [0.05, 0.1) is 11.3 Å². The fraction of sp³-hybridized carbons (Fsp3) is 0.417. The zero-order valence-corrected chi connectivity index (χ0v) is 13.0. The summed E-state index contributed by atoms with van der Waals surface area (Å²) in [5, 5.41) is 2.70. The van der Waals surface area contributed by atoms with Crippen LogP contribution in [0.4, 0.5) is 5.69 Å². The Bertz CT molecular complexity index is 689. The first kappa shape index (κ1) is 14.0. The van der Waals surface area contributed by atoms with Gasteiger partial charge in [0.1, 0.15) is 0 Å². The molecule has 3 N–H and O–H groups in total. The molecule has 0 aliphatic carbocycles. The number of nitrogens with zero attached hydrogens (tertiary/aromatic N) is 1. The number of nitrogens with one attached hydrogen (secondary N) is 1. The van der Waals surface area contributed by atoms with Crippen LogP contribution in [-0.4, -0.2) is 37.8 Å². The van der Waals surface area contributed by atoms with E-state index in [4.69, 9.17) is 5.73 Å². The molecule has 0 spiro atoms. The van der Waals surface area contributed by atoms with Crippen molar-refractivity contribution in [3.8, 4) is 0 Å². The van der Waals surface area contributed by atoms with E-state index in [1.165, 1.54) is 4.31 Å². The maximum Gasteiger partial charge on any atom is 0.244 e. The van der Waals surface area contributed by atoms with Crippen LogP contribution in [0, 0.1) is 0 Å². The van der Waals surface area contributed by atoms with Crippen LogP contribution in [0.25, 0.3) is 0 Å². The van der Waals surface area contributed by atoms with Crippen molar-refractivity contribution in [3.63, 3.8) is 0 Å². The van der Waals surface area contributed by atoms with E-state index in [0.29, 0.717) is 35.2 Å². The Morgan fingerprint density at radius 3 is 2.80 bits per heavy atom. The average Bonchev–Trinajstić information content (AvgIpc) is 2.93. The molecule has 1 saturated heterocycles. The van der Waals surface area contributed by atoms with E-state index < -0.39 is 10.0 Å². The quantitative estimate of drug-likeness (QED) is 0.811. The lowest BCUT2D eigenvalue weighted by Crippen LogP contribution is -2.32. The monoisotopic (exact) mass is 359 g/mol. The third-order valence-corrected chi connectivity index (χ3v) is 6.41. The number of carbonyl (C=O) groups is 1. The van der Waals surface area contributed by atoms with E-state index in [9.17, 15) is 13.2 Å². The fourth-order valence-electron chi connectivity index (χ4n) is 2.53. The van der Waals surface area contributed by atoms with Crippen LogP contribution in [-0.2, 0) is 21.2 Å². The number of hydrogen-bond donors (Lipinski definition) is 2. The molecule has 0 saturated carbocycles. The third kappa shape index (κ3) is 2.26. The standard InChI is InChI=1S/C12H14BrN3O3S/c13-9-5-10-7(4-12(17)15-10)3-11(9)20(18,19)16-2-1-8(14)6-16/h3,5,8H,1-2,4,6,14H2,(H,15,17)/t8-/m1/s1. The summed E-state index contributed by atoms with van der Waals surface area (Å²) < 4.78 is 27.1. The molecule has 0 radical (unpaired) electrons. The summed E-state index contributed by atoms with van der Waals surface area (Å²) in [6, 6.07) is 3.10. The molecule has 108 valence electrons. The maximum absolute atomic E-state index is 12.6. The van der Waals surface area contributed by atoms with Crippen molar-refractivity contribution in [3.05, 3.63) is 22.2 Å². The second-order valence-electron chi connectivity index (χ2n) is 5.08. The van der Waals surface area contributed by atoms with Crippen molar-refractivity contribution in [2.75, 3.05) is 18.4 Å². The topological polar surface area (TPSA) is 92.5 Å². The molecule has 6 nitrogen and oxygen atoms in total. The summed E-state index contributed by atoms with van der Waals surface area (Å²) in [7, 11) is -3.57. The summed E-state index contributed by atoms with van der Waals surface area (Å²) in [6.07, 6.45) is 0.881. The van der Waals surface area contributed by atoms with E-state index in [0.717, 1.165) is 0 Å². The largest absolute Gasteiger partial charge is 0.326 e. The Morgan fingerprint density at radius 2 is 2.15 bits per heavy atom. The second kappa shape index (κ2) is 4.80. The van der Waals surface area contributed by atoms with Gasteiger partial charge >= 0.3 is 0 Å². The Labute approximate surface area is 125 Å². The van der Waals surface area contributed by atoms with Crippen molar-refractivity contribution in [2.24, 2.45) is 5.73 Å². The molecule has 8 heteroatoms. The van der Waals surface area contributed by atoms with Gasteiger partial charge in [-0.25, -0.2) is 8.42 Å². The molecule has 1 amide bonds. The lowest BCUT2D eigenvalue weighted by Gasteiger charge is -2.17. The predicted octanol–water partition coefficient (Wildman–Crippen LogP) is 0.665. The molecule has 1 atom stereocenters. The normalized spacial score (nSPS) is 22.9. The summed E-state index contributed by atoms with van der Waals surface area (Å²) >= 11 is 3.28. The van der Waals surface area contributed by atoms with Crippen LogP contribution in [0.1, 0.15) is 12.0 Å². The van der Waals surface area contributed by atoms with Gasteiger partial charge in [0.25, 0.3) is 0 Å². The van der Waals surface area contributed by atoms with Crippen molar-refractivity contribution in [1.29, 1.82) is 0 Å². The highest BCUT2D eigenvalue weighted by Gasteiger charge is 2.33. The van der Waals surface area contributed by atoms with Crippen LogP contribution in [0.3, 0.4) is 0 Å². The van der Waals surface area contributed by atoms with Gasteiger partial charge in [-0.15, -0.1) is 0 Å². The minimum Gasteiger partial charge on any atom is -0.326 e. The first-order valence-electron chi connectivity index (χ1n) is 6.26. The first-order valence-corrected chi connectivity index (χ1v) is 8.49. The molecule has 2 aliphatic rings. The number of hydrogen-bond acceptors (Lipinski definition) is 4. The number of rotatable bonds is 2. The second-order valence-corrected chi connectivity index (χ2v) is 7.84. The van der Waals surface area contributed by atoms with Gasteiger partial charge in [0, 0.05) is 29.3 Å². The zero-order valence-electron chi connectivity index (χ0n) is 10.6. The SMILES string of the molecule is N[C@@H]1CCN(S(=O)(=O)c2cc3c(cc2Br)NC(=O)C3)C1. The number of carbonyl (C=O) groups excluding carboxylic acids is 1. The molecule has 0 unspecified atom stereocenters. The summed E-state index contributed by atoms with van der Waals surface area (Å²) in [5.74, 6) is -0.121. The zero-order chi connectivity index (χ0) is 14.5. The maximum atomic E-state index is 12.6. The molecule has 3 rings (SSSR count). The van der Waals surface area contributed by atoms with Gasteiger partial charge in [0.15, 0.2) is 0 Å². The molecule has 0 aromatic heterocycles. The number of fused-ring (bicyclic) bond motifs is 1. The van der Waals surface area contributed by atoms with Crippen molar-refractivity contribution in [2.45, 2.75) is 23.8 Å². The number of anilines is 1. The van der Waals surface area contributed by atoms with Gasteiger partial charge in [0.2, 0.25) is 15.9 Å². The third-order valence-electron chi connectivity index (χ3n) is 3.59. The van der Waals surface area contributed by atoms with Crippen LogP contribution < -0.4 is 11.1 Å². The van der Waals surface area contributed by atoms with Crippen molar-refractivity contribution < 1.29 is 13.2 Å². The van der Waals surface area contributed by atoms with E-state index >= 15 is 0 Å². The average molecular weight is 360 g/mol. The number of nitrogens with two attached hydrogens (primary N) is 1. The fourth-order valence-corrected chi connectivity index (χ4v) is 5.10. The van der Waals surface area contributed by atoms with Crippen LogP contribution in [0.2, 0.25) is 0 Å². The Hall–Kier alpha value is -0.960. The molecular weight excluding hydrogens is 346 g/mol. The van der Waals surface area contributed by atoms with E-state index in [1.54, 1.807) is 12.1 Å². The Kier molecular flexibility index (Phi) is 3.36. The highest BCUT2D eigenvalue weighted by atomic mass is 79.9. The molecule has 2 aliphatic heterocycles. The van der Waals surface area contributed by atoms with Gasteiger partial charge in [-0.05, 0) is 40.0 Å². The number of halogens is 1. The molecule has 1 fully saturated rings. The van der Waals surface area contributed by atoms with Crippen molar-refractivity contribution >= 4 is 37.5 Å². The first-order chi connectivity index (χ1) is 9.38. The summed E-state index contributed by atoms with van der Waals surface area (Å²) in [4.78, 5) is 11.6. The minimum atomic E-state index is -3.57. The van der Waals surface area contributed by atoms with E-state index in [1.807, 2.05) is 0 Å².